The van der Waals surface area contributed by atoms with Gasteiger partial charge in [0.15, 0.2) is 0 Å². The maximum Gasteiger partial charge on any atom is 0.308 e. The van der Waals surface area contributed by atoms with Crippen molar-refractivity contribution in [2.45, 2.75) is 45.3 Å². The number of para-hydroxylation sites is 2. The lowest BCUT2D eigenvalue weighted by molar-refractivity contribution is -0.146. The molecule has 1 aromatic carbocycles. The Morgan fingerprint density at radius 3 is 2.73 bits per heavy atom. The van der Waals surface area contributed by atoms with E-state index in [0.717, 1.165) is 29.7 Å². The molecule has 3 rings (SSSR count). The van der Waals surface area contributed by atoms with E-state index in [-0.39, 0.29) is 12.0 Å². The minimum absolute atomic E-state index is 0.0288. The third-order valence-corrected chi connectivity index (χ3v) is 5.09. The molecular formula is C17H23N3O2. The number of carbonyl (C=O) groups is 1. The van der Waals surface area contributed by atoms with E-state index in [1.54, 1.807) is 0 Å². The Morgan fingerprint density at radius 2 is 2.05 bits per heavy atom. The van der Waals surface area contributed by atoms with Gasteiger partial charge in [0.2, 0.25) is 0 Å². The number of nitrogens with zero attached hydrogens (tertiary/aromatic N) is 3. The second-order valence-electron chi connectivity index (χ2n) is 6.36. The minimum Gasteiger partial charge on any atom is -0.481 e. The molecule has 1 aliphatic rings. The molecule has 1 aliphatic heterocycles. The van der Waals surface area contributed by atoms with Crippen LogP contribution < -0.4 is 0 Å². The van der Waals surface area contributed by atoms with Gasteiger partial charge in [-0.25, -0.2) is 4.98 Å². The molecule has 2 heterocycles. The summed E-state index contributed by atoms with van der Waals surface area (Å²) < 4.78 is 2.11. The zero-order valence-electron chi connectivity index (χ0n) is 13.4. The average Bonchev–Trinajstić information content (AvgIpc) is 2.80. The standard InChI is InChI=1S/C17H23N3O2/c1-11-8-9-13(17(21)22)12(2)20(11)10-16-18-14-6-4-5-7-15(14)19(16)3/h4-7,11-13H,8-10H2,1-3H3,(H,21,22)/t11-,12+,13+/m1/s1. The molecule has 2 aromatic rings. The molecule has 0 bridgehead atoms. The highest BCUT2D eigenvalue weighted by atomic mass is 16.4. The lowest BCUT2D eigenvalue weighted by Crippen LogP contribution is -2.50. The Labute approximate surface area is 130 Å². The highest BCUT2D eigenvalue weighted by molar-refractivity contribution is 5.75. The predicted molar refractivity (Wildman–Crippen MR) is 85.5 cm³/mol. The second-order valence-corrected chi connectivity index (χ2v) is 6.36. The van der Waals surface area contributed by atoms with Gasteiger partial charge in [0.25, 0.3) is 0 Å². The van der Waals surface area contributed by atoms with Gasteiger partial charge in [-0.1, -0.05) is 12.1 Å². The van der Waals surface area contributed by atoms with Crippen LogP contribution in [0, 0.1) is 5.92 Å². The van der Waals surface area contributed by atoms with Crippen molar-refractivity contribution in [3.05, 3.63) is 30.1 Å². The number of piperidine rings is 1. The zero-order valence-corrected chi connectivity index (χ0v) is 13.4. The Balaban J connectivity index is 1.89. The van der Waals surface area contributed by atoms with Crippen molar-refractivity contribution in [3.63, 3.8) is 0 Å². The summed E-state index contributed by atoms with van der Waals surface area (Å²) in [7, 11) is 2.03. The maximum atomic E-state index is 11.4. The number of likely N-dealkylation sites (tertiary alicyclic amines) is 1. The van der Waals surface area contributed by atoms with Crippen molar-refractivity contribution in [1.82, 2.24) is 14.5 Å². The first-order valence-electron chi connectivity index (χ1n) is 7.88. The van der Waals surface area contributed by atoms with Gasteiger partial charge in [-0.2, -0.15) is 0 Å². The summed E-state index contributed by atoms with van der Waals surface area (Å²) in [6.07, 6.45) is 1.68. The fraction of sp³-hybridized carbons (Fsp3) is 0.529. The van der Waals surface area contributed by atoms with Crippen LogP contribution in [0.2, 0.25) is 0 Å². The number of carboxylic acid groups (broad SMARTS) is 1. The monoisotopic (exact) mass is 301 g/mol. The number of imidazole rings is 1. The number of benzene rings is 1. The van der Waals surface area contributed by atoms with Gasteiger partial charge in [0, 0.05) is 19.1 Å². The Morgan fingerprint density at radius 1 is 1.32 bits per heavy atom. The first-order chi connectivity index (χ1) is 10.5. The number of hydrogen-bond donors (Lipinski definition) is 1. The number of aryl methyl sites for hydroxylation is 1. The van der Waals surface area contributed by atoms with Gasteiger partial charge in [-0.3, -0.25) is 9.69 Å². The van der Waals surface area contributed by atoms with Crippen molar-refractivity contribution < 1.29 is 9.90 Å². The van der Waals surface area contributed by atoms with Crippen molar-refractivity contribution in [2.24, 2.45) is 13.0 Å². The molecule has 0 unspecified atom stereocenters. The largest absolute Gasteiger partial charge is 0.481 e. The molecule has 0 spiro atoms. The van der Waals surface area contributed by atoms with Crippen LogP contribution in [-0.4, -0.2) is 37.6 Å². The molecule has 1 fully saturated rings. The molecule has 0 radical (unpaired) electrons. The number of fused-ring (bicyclic) bond motifs is 1. The summed E-state index contributed by atoms with van der Waals surface area (Å²) >= 11 is 0. The van der Waals surface area contributed by atoms with E-state index in [9.17, 15) is 9.90 Å². The molecule has 5 nitrogen and oxygen atoms in total. The SMILES string of the molecule is C[C@@H]1CC[C@H](C(=O)O)[C@H](C)N1Cc1nc2ccccc2n1C. The number of hydrogen-bond acceptors (Lipinski definition) is 3. The van der Waals surface area contributed by atoms with Gasteiger partial charge < -0.3 is 9.67 Å². The summed E-state index contributed by atoms with van der Waals surface area (Å²) in [5.41, 5.74) is 2.11. The fourth-order valence-electron chi connectivity index (χ4n) is 3.59. The molecule has 1 saturated heterocycles. The fourth-order valence-corrected chi connectivity index (χ4v) is 3.59. The van der Waals surface area contributed by atoms with Crippen LogP contribution in [-0.2, 0) is 18.4 Å². The third kappa shape index (κ3) is 2.50. The first-order valence-corrected chi connectivity index (χ1v) is 7.88. The van der Waals surface area contributed by atoms with E-state index >= 15 is 0 Å². The normalized spacial score (nSPS) is 26.4. The Bertz CT molecular complexity index is 694. The Kier molecular flexibility index (Phi) is 3.91. The molecule has 0 amide bonds. The van der Waals surface area contributed by atoms with Crippen LogP contribution in [0.25, 0.3) is 11.0 Å². The van der Waals surface area contributed by atoms with Crippen LogP contribution >= 0.6 is 0 Å². The number of rotatable bonds is 3. The van der Waals surface area contributed by atoms with E-state index < -0.39 is 5.97 Å². The molecule has 1 aromatic heterocycles. The molecule has 1 N–H and O–H groups in total. The van der Waals surface area contributed by atoms with E-state index in [1.807, 2.05) is 32.2 Å². The van der Waals surface area contributed by atoms with E-state index in [1.165, 1.54) is 0 Å². The van der Waals surface area contributed by atoms with Gasteiger partial charge in [0.1, 0.15) is 5.82 Å². The highest BCUT2D eigenvalue weighted by Gasteiger charge is 2.36. The van der Waals surface area contributed by atoms with Gasteiger partial charge in [-0.05, 0) is 38.8 Å². The highest BCUT2D eigenvalue weighted by Crippen LogP contribution is 2.30. The van der Waals surface area contributed by atoms with Crippen LogP contribution in [0.4, 0.5) is 0 Å². The molecule has 22 heavy (non-hydrogen) atoms. The van der Waals surface area contributed by atoms with E-state index in [0.29, 0.717) is 12.6 Å². The smallest absolute Gasteiger partial charge is 0.308 e. The predicted octanol–water partition coefficient (Wildman–Crippen LogP) is 2.65. The molecular weight excluding hydrogens is 278 g/mol. The third-order valence-electron chi connectivity index (χ3n) is 5.09. The molecule has 3 atom stereocenters. The summed E-state index contributed by atoms with van der Waals surface area (Å²) in [4.78, 5) is 18.4. The zero-order chi connectivity index (χ0) is 15.9. The first kappa shape index (κ1) is 15.0. The molecule has 0 aliphatic carbocycles. The van der Waals surface area contributed by atoms with Gasteiger partial charge >= 0.3 is 5.97 Å². The maximum absolute atomic E-state index is 11.4. The number of aliphatic carboxylic acids is 1. The lowest BCUT2D eigenvalue weighted by atomic mass is 9.87. The van der Waals surface area contributed by atoms with E-state index in [4.69, 9.17) is 4.98 Å². The molecule has 5 heteroatoms. The summed E-state index contributed by atoms with van der Waals surface area (Å²) in [5, 5.41) is 9.40. The van der Waals surface area contributed by atoms with Crippen molar-refractivity contribution in [3.8, 4) is 0 Å². The van der Waals surface area contributed by atoms with Crippen LogP contribution in [0.3, 0.4) is 0 Å². The molecule has 118 valence electrons. The summed E-state index contributed by atoms with van der Waals surface area (Å²) in [6.45, 7) is 4.89. The van der Waals surface area contributed by atoms with Crippen molar-refractivity contribution >= 4 is 17.0 Å². The second kappa shape index (κ2) is 5.72. The molecule has 0 saturated carbocycles. The van der Waals surface area contributed by atoms with Crippen molar-refractivity contribution in [2.75, 3.05) is 0 Å². The quantitative estimate of drug-likeness (QED) is 0.947. The minimum atomic E-state index is -0.686. The van der Waals surface area contributed by atoms with Crippen LogP contribution in [0.5, 0.6) is 0 Å². The summed E-state index contributed by atoms with van der Waals surface area (Å²) in [6, 6.07) is 8.50. The van der Waals surface area contributed by atoms with Crippen LogP contribution in [0.1, 0.15) is 32.5 Å². The van der Waals surface area contributed by atoms with Gasteiger partial charge in [0.05, 0.1) is 23.5 Å². The number of aromatic nitrogens is 2. The van der Waals surface area contributed by atoms with Crippen molar-refractivity contribution in [1.29, 1.82) is 0 Å². The Hall–Kier alpha value is -1.88. The number of carboxylic acids is 1. The average molecular weight is 301 g/mol. The van der Waals surface area contributed by atoms with E-state index in [2.05, 4.69) is 22.5 Å². The van der Waals surface area contributed by atoms with Crippen LogP contribution in [0.15, 0.2) is 24.3 Å². The lowest BCUT2D eigenvalue weighted by Gasteiger charge is -2.42. The summed E-state index contributed by atoms with van der Waals surface area (Å²) in [5.74, 6) is 0.0197. The topological polar surface area (TPSA) is 58.4 Å². The van der Waals surface area contributed by atoms with Gasteiger partial charge in [-0.15, -0.1) is 0 Å².